The number of para-hydroxylation sites is 1. The van der Waals surface area contributed by atoms with E-state index in [2.05, 4.69) is 43.4 Å². The Labute approximate surface area is 116 Å². The van der Waals surface area contributed by atoms with Crippen LogP contribution >= 0.6 is 0 Å². The van der Waals surface area contributed by atoms with Crippen molar-refractivity contribution >= 4 is 0 Å². The zero-order chi connectivity index (χ0) is 13.3. The predicted octanol–water partition coefficient (Wildman–Crippen LogP) is 3.72. The topological polar surface area (TPSA) is 21.3 Å². The fraction of sp³-hybridized carbons (Fsp3) is 0.647. The summed E-state index contributed by atoms with van der Waals surface area (Å²) in [7, 11) is 0. The fourth-order valence-corrected chi connectivity index (χ4v) is 3.07. The number of ether oxygens (including phenoxy) is 1. The van der Waals surface area contributed by atoms with Crippen molar-refractivity contribution in [2.45, 2.75) is 51.5 Å². The van der Waals surface area contributed by atoms with E-state index in [1.807, 2.05) is 0 Å². The van der Waals surface area contributed by atoms with Gasteiger partial charge in [0.25, 0.3) is 0 Å². The van der Waals surface area contributed by atoms with Crippen molar-refractivity contribution in [3.8, 4) is 5.75 Å². The Balaban J connectivity index is 1.55. The molecule has 3 rings (SSSR count). The second kappa shape index (κ2) is 5.16. The summed E-state index contributed by atoms with van der Waals surface area (Å²) in [5, 5.41) is 3.63. The first kappa shape index (κ1) is 13.0. The van der Waals surface area contributed by atoms with Gasteiger partial charge in [0.2, 0.25) is 0 Å². The predicted molar refractivity (Wildman–Crippen MR) is 78.7 cm³/mol. The van der Waals surface area contributed by atoms with E-state index in [1.165, 1.54) is 31.2 Å². The third kappa shape index (κ3) is 3.30. The Morgan fingerprint density at radius 2 is 2.05 bits per heavy atom. The van der Waals surface area contributed by atoms with E-state index in [9.17, 15) is 0 Å². The minimum atomic E-state index is 0.382. The van der Waals surface area contributed by atoms with Crippen LogP contribution in [0.5, 0.6) is 5.75 Å². The summed E-state index contributed by atoms with van der Waals surface area (Å²) in [4.78, 5) is 0. The number of benzene rings is 1. The molecular formula is C17H25NO. The van der Waals surface area contributed by atoms with Crippen molar-refractivity contribution in [3.05, 3.63) is 29.8 Å². The van der Waals surface area contributed by atoms with Crippen LogP contribution in [0.4, 0.5) is 0 Å². The Bertz CT molecular complexity index is 437. The summed E-state index contributed by atoms with van der Waals surface area (Å²) >= 11 is 0. The molecule has 2 nitrogen and oxygen atoms in total. The molecule has 19 heavy (non-hydrogen) atoms. The Hall–Kier alpha value is -1.02. The molecule has 2 aliphatic rings. The molecular weight excluding hydrogens is 234 g/mol. The number of fused-ring (bicyclic) bond motifs is 1. The summed E-state index contributed by atoms with van der Waals surface area (Å²) in [6, 6.07) is 9.34. The van der Waals surface area contributed by atoms with Gasteiger partial charge in [-0.1, -0.05) is 32.0 Å². The van der Waals surface area contributed by atoms with Gasteiger partial charge in [0.15, 0.2) is 0 Å². The van der Waals surface area contributed by atoms with Gasteiger partial charge < -0.3 is 10.1 Å². The first-order chi connectivity index (χ1) is 9.14. The molecule has 0 aromatic heterocycles. The van der Waals surface area contributed by atoms with Crippen LogP contribution in [0.3, 0.4) is 0 Å². The number of rotatable bonds is 6. The average molecular weight is 259 g/mol. The molecule has 0 amide bonds. The highest BCUT2D eigenvalue weighted by Gasteiger charge is 2.30. The summed E-state index contributed by atoms with van der Waals surface area (Å²) in [6.45, 7) is 6.80. The van der Waals surface area contributed by atoms with Gasteiger partial charge in [-0.2, -0.15) is 0 Å². The van der Waals surface area contributed by atoms with Gasteiger partial charge in [0.05, 0.1) is 6.61 Å². The van der Waals surface area contributed by atoms with Crippen LogP contribution in [0, 0.1) is 5.41 Å². The normalized spacial score (nSPS) is 22.1. The molecule has 1 N–H and O–H groups in total. The van der Waals surface area contributed by atoms with Crippen LogP contribution in [-0.2, 0) is 0 Å². The summed E-state index contributed by atoms with van der Waals surface area (Å²) < 4.78 is 5.79. The van der Waals surface area contributed by atoms with Gasteiger partial charge in [-0.05, 0) is 43.7 Å². The van der Waals surface area contributed by atoms with E-state index in [1.54, 1.807) is 0 Å². The maximum Gasteiger partial charge on any atom is 0.122 e. The molecule has 0 bridgehead atoms. The van der Waals surface area contributed by atoms with Crippen LogP contribution in [0.15, 0.2) is 24.3 Å². The molecule has 1 atom stereocenters. The van der Waals surface area contributed by atoms with Crippen molar-refractivity contribution in [3.63, 3.8) is 0 Å². The molecule has 0 saturated heterocycles. The zero-order valence-electron chi connectivity index (χ0n) is 12.1. The number of hydrogen-bond donors (Lipinski definition) is 1. The highest BCUT2D eigenvalue weighted by Crippen LogP contribution is 2.41. The van der Waals surface area contributed by atoms with Gasteiger partial charge in [0, 0.05) is 17.5 Å². The highest BCUT2D eigenvalue weighted by molar-refractivity contribution is 5.39. The van der Waals surface area contributed by atoms with Gasteiger partial charge in [0.1, 0.15) is 5.75 Å². The Kier molecular flexibility index (Phi) is 3.53. The molecule has 104 valence electrons. The maximum absolute atomic E-state index is 5.79. The fourth-order valence-electron chi connectivity index (χ4n) is 3.07. The van der Waals surface area contributed by atoms with E-state index in [0.717, 1.165) is 24.9 Å². The van der Waals surface area contributed by atoms with Gasteiger partial charge in [-0.15, -0.1) is 0 Å². The van der Waals surface area contributed by atoms with Gasteiger partial charge in [-0.25, -0.2) is 0 Å². The zero-order valence-corrected chi connectivity index (χ0v) is 12.1. The number of nitrogens with one attached hydrogen (secondary N) is 1. The first-order valence-corrected chi connectivity index (χ1v) is 7.59. The third-order valence-corrected chi connectivity index (χ3v) is 4.41. The standard InChI is InChI=1S/C17H25NO/c1-17(2,9-10-18-14-7-8-14)11-13-12-19-16-6-4-3-5-15(13)16/h3-6,13-14,18H,7-12H2,1-2H3. The van der Waals surface area contributed by atoms with Crippen LogP contribution in [-0.4, -0.2) is 19.2 Å². The average Bonchev–Trinajstić information content (AvgIpc) is 3.11. The van der Waals surface area contributed by atoms with Crippen LogP contribution in [0.1, 0.15) is 51.0 Å². The van der Waals surface area contributed by atoms with E-state index >= 15 is 0 Å². The highest BCUT2D eigenvalue weighted by atomic mass is 16.5. The van der Waals surface area contributed by atoms with Crippen LogP contribution in [0.25, 0.3) is 0 Å². The summed E-state index contributed by atoms with van der Waals surface area (Å²) in [5.74, 6) is 1.67. The first-order valence-electron chi connectivity index (χ1n) is 7.59. The largest absolute Gasteiger partial charge is 0.493 e. The molecule has 1 saturated carbocycles. The molecule has 1 aliphatic carbocycles. The lowest BCUT2D eigenvalue weighted by Crippen LogP contribution is -2.25. The lowest BCUT2D eigenvalue weighted by molar-refractivity contribution is 0.244. The smallest absolute Gasteiger partial charge is 0.122 e. The number of hydrogen-bond acceptors (Lipinski definition) is 2. The summed E-state index contributed by atoms with van der Waals surface area (Å²) in [5.41, 5.74) is 1.79. The quantitative estimate of drug-likeness (QED) is 0.840. The van der Waals surface area contributed by atoms with Crippen molar-refractivity contribution in [2.24, 2.45) is 5.41 Å². The van der Waals surface area contributed by atoms with Crippen molar-refractivity contribution < 1.29 is 4.74 Å². The van der Waals surface area contributed by atoms with Crippen LogP contribution in [0.2, 0.25) is 0 Å². The molecule has 2 heteroatoms. The minimum absolute atomic E-state index is 0.382. The molecule has 1 unspecified atom stereocenters. The van der Waals surface area contributed by atoms with Gasteiger partial charge >= 0.3 is 0 Å². The summed E-state index contributed by atoms with van der Waals surface area (Å²) in [6.07, 6.45) is 5.23. The Morgan fingerprint density at radius 3 is 2.84 bits per heavy atom. The van der Waals surface area contributed by atoms with E-state index in [4.69, 9.17) is 4.74 Å². The van der Waals surface area contributed by atoms with Crippen molar-refractivity contribution in [2.75, 3.05) is 13.2 Å². The van der Waals surface area contributed by atoms with E-state index < -0.39 is 0 Å². The molecule has 1 heterocycles. The maximum atomic E-state index is 5.79. The monoisotopic (exact) mass is 259 g/mol. The molecule has 1 aliphatic heterocycles. The Morgan fingerprint density at radius 1 is 1.26 bits per heavy atom. The molecule has 1 aromatic rings. The molecule has 1 aromatic carbocycles. The van der Waals surface area contributed by atoms with E-state index in [-0.39, 0.29) is 0 Å². The van der Waals surface area contributed by atoms with E-state index in [0.29, 0.717) is 11.3 Å². The molecule has 1 fully saturated rings. The molecule has 0 radical (unpaired) electrons. The lowest BCUT2D eigenvalue weighted by Gasteiger charge is -2.27. The van der Waals surface area contributed by atoms with Crippen LogP contribution < -0.4 is 10.1 Å². The SMILES string of the molecule is CC(C)(CCNC1CC1)CC1COc2ccccc21. The minimum Gasteiger partial charge on any atom is -0.493 e. The van der Waals surface area contributed by atoms with Gasteiger partial charge in [-0.3, -0.25) is 0 Å². The third-order valence-electron chi connectivity index (χ3n) is 4.41. The van der Waals surface area contributed by atoms with Crippen molar-refractivity contribution in [1.82, 2.24) is 5.32 Å². The van der Waals surface area contributed by atoms with Crippen molar-refractivity contribution in [1.29, 1.82) is 0 Å². The second-order valence-corrected chi connectivity index (χ2v) is 6.89. The second-order valence-electron chi connectivity index (χ2n) is 6.89. The lowest BCUT2D eigenvalue weighted by atomic mass is 9.78. The molecule has 0 spiro atoms.